The number of para-hydroxylation sites is 1. The summed E-state index contributed by atoms with van der Waals surface area (Å²) < 4.78 is 3.18. The van der Waals surface area contributed by atoms with Gasteiger partial charge in [0.25, 0.3) is 0 Å². The van der Waals surface area contributed by atoms with Crippen molar-refractivity contribution in [3.8, 4) is 16.9 Å². The summed E-state index contributed by atoms with van der Waals surface area (Å²) in [5.74, 6) is 0.319. The zero-order valence-electron chi connectivity index (χ0n) is 11.7. The Morgan fingerprint density at radius 1 is 1.32 bits per heavy atom. The average Bonchev–Trinajstić information content (AvgIpc) is 3.05. The summed E-state index contributed by atoms with van der Waals surface area (Å²) in [6.07, 6.45) is 3.44. The molecule has 7 nitrogen and oxygen atoms in total. The van der Waals surface area contributed by atoms with Crippen molar-refractivity contribution in [1.82, 2.24) is 19.6 Å². The van der Waals surface area contributed by atoms with E-state index in [1.807, 2.05) is 30.3 Å². The number of hydrogen-bond acceptors (Lipinski definition) is 3. The van der Waals surface area contributed by atoms with E-state index in [0.29, 0.717) is 16.5 Å². The third kappa shape index (κ3) is 2.53. The Kier molecular flexibility index (Phi) is 3.56. The second-order valence-corrected chi connectivity index (χ2v) is 5.03. The van der Waals surface area contributed by atoms with Crippen LogP contribution >= 0.6 is 11.6 Å². The quantitative estimate of drug-likeness (QED) is 0.777. The third-order valence-electron chi connectivity index (χ3n) is 3.05. The molecule has 0 saturated carbocycles. The lowest BCUT2D eigenvalue weighted by molar-refractivity contribution is 0.259. The van der Waals surface area contributed by atoms with Crippen molar-refractivity contribution < 1.29 is 4.79 Å². The number of primary amides is 1. The maximum Gasteiger partial charge on any atom is 0.317 e. The number of benzene rings is 1. The van der Waals surface area contributed by atoms with E-state index in [0.717, 1.165) is 11.3 Å². The van der Waals surface area contributed by atoms with Gasteiger partial charge in [0, 0.05) is 18.8 Å². The van der Waals surface area contributed by atoms with Crippen LogP contribution in [-0.2, 0) is 7.05 Å². The minimum atomic E-state index is -0.711. The van der Waals surface area contributed by atoms with Gasteiger partial charge in [-0.05, 0) is 12.1 Å². The van der Waals surface area contributed by atoms with Crippen LogP contribution in [0.3, 0.4) is 0 Å². The lowest BCUT2D eigenvalue weighted by atomic mass is 10.2. The van der Waals surface area contributed by atoms with Gasteiger partial charge < -0.3 is 5.73 Å². The number of anilines is 1. The molecule has 0 aliphatic rings. The van der Waals surface area contributed by atoms with Gasteiger partial charge in [0.05, 0.1) is 11.9 Å². The van der Waals surface area contributed by atoms with E-state index < -0.39 is 6.03 Å². The molecule has 0 saturated heterocycles. The molecule has 0 spiro atoms. The van der Waals surface area contributed by atoms with Crippen LogP contribution in [-0.4, -0.2) is 25.6 Å². The first-order chi connectivity index (χ1) is 10.6. The number of nitrogens with zero attached hydrogens (tertiary/aromatic N) is 4. The fourth-order valence-corrected chi connectivity index (χ4v) is 2.38. The molecule has 1 aromatic carbocycles. The fraction of sp³-hybridized carbons (Fsp3) is 0.0714. The van der Waals surface area contributed by atoms with Crippen molar-refractivity contribution in [2.75, 3.05) is 5.32 Å². The predicted octanol–water partition coefficient (Wildman–Crippen LogP) is 2.42. The number of carbonyl (C=O) groups is 1. The van der Waals surface area contributed by atoms with Crippen molar-refractivity contribution in [3.05, 3.63) is 47.7 Å². The molecule has 0 unspecified atom stereocenters. The first-order valence-corrected chi connectivity index (χ1v) is 6.83. The number of halogens is 1. The number of nitrogens with two attached hydrogens (primary N) is 1. The van der Waals surface area contributed by atoms with Crippen molar-refractivity contribution in [3.63, 3.8) is 0 Å². The van der Waals surface area contributed by atoms with Gasteiger partial charge in [-0.15, -0.1) is 0 Å². The maximum absolute atomic E-state index is 11.2. The molecule has 0 aliphatic heterocycles. The Bertz CT molecular complexity index is 823. The Morgan fingerprint density at radius 2 is 2.05 bits per heavy atom. The summed E-state index contributed by atoms with van der Waals surface area (Å²) in [6, 6.07) is 8.60. The van der Waals surface area contributed by atoms with E-state index in [9.17, 15) is 4.79 Å². The van der Waals surface area contributed by atoms with E-state index in [1.165, 1.54) is 4.68 Å². The third-order valence-corrected chi connectivity index (χ3v) is 3.41. The summed E-state index contributed by atoms with van der Waals surface area (Å²) >= 11 is 6.38. The summed E-state index contributed by atoms with van der Waals surface area (Å²) in [4.78, 5) is 11.2. The van der Waals surface area contributed by atoms with E-state index in [1.54, 1.807) is 24.1 Å². The number of aryl methyl sites for hydroxylation is 1. The van der Waals surface area contributed by atoms with Gasteiger partial charge in [0.1, 0.15) is 10.7 Å². The summed E-state index contributed by atoms with van der Waals surface area (Å²) in [5.41, 5.74) is 7.24. The number of hydrogen-bond donors (Lipinski definition) is 2. The number of nitrogens with one attached hydrogen (secondary N) is 1. The largest absolute Gasteiger partial charge is 0.351 e. The molecule has 112 valence electrons. The lowest BCUT2D eigenvalue weighted by Gasteiger charge is -2.07. The Morgan fingerprint density at radius 3 is 2.64 bits per heavy atom. The summed E-state index contributed by atoms with van der Waals surface area (Å²) in [7, 11) is 1.80. The highest BCUT2D eigenvalue weighted by molar-refractivity contribution is 6.36. The summed E-state index contributed by atoms with van der Waals surface area (Å²) in [6.45, 7) is 0. The molecule has 2 amide bonds. The number of urea groups is 1. The molecule has 3 N–H and O–H groups in total. The van der Waals surface area contributed by atoms with Gasteiger partial charge >= 0.3 is 6.03 Å². The molecular weight excluding hydrogens is 304 g/mol. The Balaban J connectivity index is 2.18. The summed E-state index contributed by atoms with van der Waals surface area (Å²) in [5, 5.41) is 11.4. The van der Waals surface area contributed by atoms with E-state index in [2.05, 4.69) is 15.5 Å². The standard InChI is InChI=1S/C14H13ClN6O/c1-20-8-9(7-17-20)12-11(15)13(18-14(16)22)21(19-12)10-5-3-2-4-6-10/h2-8H,1H3,(H3,16,18,22). The predicted molar refractivity (Wildman–Crippen MR) is 84.0 cm³/mol. The van der Waals surface area contributed by atoms with Gasteiger partial charge in [-0.25, -0.2) is 9.48 Å². The molecule has 0 radical (unpaired) electrons. The zero-order chi connectivity index (χ0) is 15.7. The molecule has 0 aliphatic carbocycles. The van der Waals surface area contributed by atoms with Crippen molar-refractivity contribution in [2.24, 2.45) is 12.8 Å². The number of amides is 2. The van der Waals surface area contributed by atoms with Crippen LogP contribution in [0, 0.1) is 0 Å². The van der Waals surface area contributed by atoms with Crippen LogP contribution in [0.1, 0.15) is 0 Å². The number of carbonyl (C=O) groups excluding carboxylic acids is 1. The van der Waals surface area contributed by atoms with E-state index in [-0.39, 0.29) is 0 Å². The minimum absolute atomic E-state index is 0.302. The second-order valence-electron chi connectivity index (χ2n) is 4.65. The first-order valence-electron chi connectivity index (χ1n) is 6.45. The molecule has 8 heteroatoms. The van der Waals surface area contributed by atoms with Gasteiger partial charge in [-0.1, -0.05) is 29.8 Å². The van der Waals surface area contributed by atoms with E-state index >= 15 is 0 Å². The van der Waals surface area contributed by atoms with Crippen molar-refractivity contribution in [2.45, 2.75) is 0 Å². The Labute approximate surface area is 131 Å². The number of aromatic nitrogens is 4. The minimum Gasteiger partial charge on any atom is -0.351 e. The van der Waals surface area contributed by atoms with Crippen LogP contribution in [0.2, 0.25) is 5.02 Å². The van der Waals surface area contributed by atoms with Crippen LogP contribution in [0.25, 0.3) is 16.9 Å². The second kappa shape index (κ2) is 5.53. The van der Waals surface area contributed by atoms with Gasteiger partial charge in [0.2, 0.25) is 0 Å². The topological polar surface area (TPSA) is 90.8 Å². The molecule has 3 rings (SSSR count). The molecule has 3 aromatic rings. The van der Waals surface area contributed by atoms with E-state index in [4.69, 9.17) is 17.3 Å². The molecule has 2 heterocycles. The number of rotatable bonds is 3. The molecule has 0 atom stereocenters. The van der Waals surface area contributed by atoms with Crippen molar-refractivity contribution in [1.29, 1.82) is 0 Å². The van der Waals surface area contributed by atoms with Crippen LogP contribution in [0.5, 0.6) is 0 Å². The van der Waals surface area contributed by atoms with Crippen molar-refractivity contribution >= 4 is 23.4 Å². The lowest BCUT2D eigenvalue weighted by Crippen LogP contribution is -2.21. The zero-order valence-corrected chi connectivity index (χ0v) is 12.4. The van der Waals surface area contributed by atoms with Crippen LogP contribution in [0.15, 0.2) is 42.7 Å². The highest BCUT2D eigenvalue weighted by atomic mass is 35.5. The fourth-order valence-electron chi connectivity index (χ4n) is 2.11. The first kappa shape index (κ1) is 14.2. The SMILES string of the molecule is Cn1cc(-c2nn(-c3ccccc3)c(NC(N)=O)c2Cl)cn1. The molecular formula is C14H13ClN6O. The molecule has 0 fully saturated rings. The molecule has 2 aromatic heterocycles. The average molecular weight is 317 g/mol. The normalized spacial score (nSPS) is 10.6. The van der Waals surface area contributed by atoms with Crippen LogP contribution in [0.4, 0.5) is 10.6 Å². The maximum atomic E-state index is 11.2. The highest BCUT2D eigenvalue weighted by Gasteiger charge is 2.20. The van der Waals surface area contributed by atoms with Gasteiger partial charge in [0.15, 0.2) is 5.82 Å². The molecule has 22 heavy (non-hydrogen) atoms. The van der Waals surface area contributed by atoms with Gasteiger partial charge in [-0.3, -0.25) is 10.00 Å². The van der Waals surface area contributed by atoms with Crippen LogP contribution < -0.4 is 11.1 Å². The Hall–Kier alpha value is -2.80. The highest BCUT2D eigenvalue weighted by Crippen LogP contribution is 2.34. The van der Waals surface area contributed by atoms with Gasteiger partial charge in [-0.2, -0.15) is 10.2 Å². The molecule has 0 bridgehead atoms. The smallest absolute Gasteiger partial charge is 0.317 e. The monoisotopic (exact) mass is 316 g/mol.